The zero-order valence-electron chi connectivity index (χ0n) is 7.92. The Labute approximate surface area is 78.3 Å². The minimum Gasteiger partial charge on any atom is -0.378 e. The van der Waals surface area contributed by atoms with Crippen LogP contribution in [-0.2, 0) is 4.74 Å². The van der Waals surface area contributed by atoms with Crippen molar-refractivity contribution in [3.63, 3.8) is 0 Å². The summed E-state index contributed by atoms with van der Waals surface area (Å²) in [5, 5.41) is 11.5. The molecule has 0 aromatic carbocycles. The molecule has 1 fully saturated rings. The number of guanidine groups is 1. The molecule has 0 unspecified atom stereocenters. The van der Waals surface area contributed by atoms with Gasteiger partial charge in [-0.3, -0.25) is 5.41 Å². The highest BCUT2D eigenvalue weighted by atomic mass is 16.5. The summed E-state index contributed by atoms with van der Waals surface area (Å²) in [4.78, 5) is 1.91. The fourth-order valence-corrected chi connectivity index (χ4v) is 1.06. The Morgan fingerprint density at radius 3 is 2.92 bits per heavy atom. The Bertz CT molecular complexity index is 187. The molecule has 0 aromatic rings. The van der Waals surface area contributed by atoms with E-state index >= 15 is 0 Å². The Morgan fingerprint density at radius 1 is 1.62 bits per heavy atom. The standard InChI is InChI=1S/C8H16N4O/c1-2-3-10-11-8(9)12-4-6-13-7-5-12/h3H,2,4-7H2,1H3,(H2,9,11)/b10-3+. The summed E-state index contributed by atoms with van der Waals surface area (Å²) in [5.74, 6) is 0.355. The van der Waals surface area contributed by atoms with Gasteiger partial charge in [0.25, 0.3) is 0 Å². The Morgan fingerprint density at radius 2 is 2.31 bits per heavy atom. The zero-order valence-corrected chi connectivity index (χ0v) is 7.92. The lowest BCUT2D eigenvalue weighted by Gasteiger charge is -2.27. The molecule has 1 aliphatic rings. The third kappa shape index (κ3) is 3.42. The van der Waals surface area contributed by atoms with Gasteiger partial charge in [0.1, 0.15) is 0 Å². The molecule has 5 heteroatoms. The number of ether oxygens (including phenoxy) is 1. The highest BCUT2D eigenvalue weighted by Gasteiger charge is 2.12. The van der Waals surface area contributed by atoms with Gasteiger partial charge in [0, 0.05) is 19.3 Å². The summed E-state index contributed by atoms with van der Waals surface area (Å²) in [5.41, 5.74) is 2.68. The van der Waals surface area contributed by atoms with E-state index in [9.17, 15) is 0 Å². The number of nitrogens with zero attached hydrogens (tertiary/aromatic N) is 2. The van der Waals surface area contributed by atoms with Gasteiger partial charge in [-0.2, -0.15) is 5.10 Å². The number of nitrogens with one attached hydrogen (secondary N) is 2. The lowest BCUT2D eigenvalue weighted by molar-refractivity contribution is 0.0662. The number of rotatable bonds is 2. The van der Waals surface area contributed by atoms with Crippen molar-refractivity contribution in [1.82, 2.24) is 10.3 Å². The average molecular weight is 184 g/mol. The monoisotopic (exact) mass is 184 g/mol. The van der Waals surface area contributed by atoms with E-state index in [1.807, 2.05) is 11.8 Å². The molecule has 1 rings (SSSR count). The lowest BCUT2D eigenvalue weighted by Crippen LogP contribution is -2.45. The quantitative estimate of drug-likeness (QED) is 0.367. The van der Waals surface area contributed by atoms with Crippen LogP contribution >= 0.6 is 0 Å². The summed E-state index contributed by atoms with van der Waals surface area (Å²) >= 11 is 0. The average Bonchev–Trinajstić information content (AvgIpc) is 2.19. The van der Waals surface area contributed by atoms with Gasteiger partial charge in [-0.1, -0.05) is 6.92 Å². The highest BCUT2D eigenvalue weighted by molar-refractivity contribution is 5.77. The third-order valence-corrected chi connectivity index (χ3v) is 1.77. The molecule has 0 radical (unpaired) electrons. The van der Waals surface area contributed by atoms with Gasteiger partial charge in [-0.05, 0) is 6.42 Å². The number of hydrazone groups is 1. The van der Waals surface area contributed by atoms with Gasteiger partial charge in [-0.15, -0.1) is 0 Å². The molecule has 0 aromatic heterocycles. The number of hydrogen-bond acceptors (Lipinski definition) is 3. The molecule has 74 valence electrons. The van der Waals surface area contributed by atoms with E-state index in [-0.39, 0.29) is 0 Å². The first-order chi connectivity index (χ1) is 6.34. The van der Waals surface area contributed by atoms with Crippen LogP contribution in [0.25, 0.3) is 0 Å². The Kier molecular flexibility index (Phi) is 4.25. The molecule has 2 N–H and O–H groups in total. The van der Waals surface area contributed by atoms with Crippen LogP contribution in [0.4, 0.5) is 0 Å². The number of morpholine rings is 1. The van der Waals surface area contributed by atoms with Crippen LogP contribution in [0.2, 0.25) is 0 Å². The van der Waals surface area contributed by atoms with Gasteiger partial charge in [0.2, 0.25) is 5.96 Å². The van der Waals surface area contributed by atoms with Crippen molar-refractivity contribution in [2.45, 2.75) is 13.3 Å². The molecular formula is C8H16N4O. The van der Waals surface area contributed by atoms with Crippen LogP contribution in [0.1, 0.15) is 13.3 Å². The van der Waals surface area contributed by atoms with E-state index in [1.165, 1.54) is 0 Å². The maximum Gasteiger partial charge on any atom is 0.212 e. The van der Waals surface area contributed by atoms with Crippen LogP contribution < -0.4 is 5.43 Å². The van der Waals surface area contributed by atoms with E-state index in [1.54, 1.807) is 6.21 Å². The van der Waals surface area contributed by atoms with Crippen LogP contribution in [0, 0.1) is 5.41 Å². The van der Waals surface area contributed by atoms with Crippen molar-refractivity contribution in [2.24, 2.45) is 5.10 Å². The molecule has 0 bridgehead atoms. The molecule has 13 heavy (non-hydrogen) atoms. The van der Waals surface area contributed by atoms with E-state index in [0.717, 1.165) is 19.5 Å². The fraction of sp³-hybridized carbons (Fsp3) is 0.750. The summed E-state index contributed by atoms with van der Waals surface area (Å²) in [6.45, 7) is 4.94. The van der Waals surface area contributed by atoms with Crippen LogP contribution in [0.15, 0.2) is 5.10 Å². The molecule has 1 saturated heterocycles. The van der Waals surface area contributed by atoms with Crippen molar-refractivity contribution in [3.8, 4) is 0 Å². The Balaban J connectivity index is 2.25. The minimum absolute atomic E-state index is 0.355. The smallest absolute Gasteiger partial charge is 0.212 e. The SMILES string of the molecule is CC/C=N/NC(=N)N1CCOCC1. The predicted molar refractivity (Wildman–Crippen MR) is 52.0 cm³/mol. The van der Waals surface area contributed by atoms with Gasteiger partial charge in [0.05, 0.1) is 13.2 Å². The van der Waals surface area contributed by atoms with E-state index in [0.29, 0.717) is 19.2 Å². The second-order valence-corrected chi connectivity index (χ2v) is 2.78. The maximum atomic E-state index is 7.61. The van der Waals surface area contributed by atoms with Crippen molar-refractivity contribution < 1.29 is 4.74 Å². The molecule has 0 aliphatic carbocycles. The molecular weight excluding hydrogens is 168 g/mol. The fourth-order valence-electron chi connectivity index (χ4n) is 1.06. The second kappa shape index (κ2) is 5.53. The lowest BCUT2D eigenvalue weighted by atomic mass is 10.4. The van der Waals surface area contributed by atoms with E-state index < -0.39 is 0 Å². The normalized spacial score (nSPS) is 17.8. The molecule has 1 heterocycles. The molecule has 0 amide bonds. The highest BCUT2D eigenvalue weighted by Crippen LogP contribution is 1.95. The molecule has 0 spiro atoms. The maximum absolute atomic E-state index is 7.61. The summed E-state index contributed by atoms with van der Waals surface area (Å²) < 4.78 is 5.17. The van der Waals surface area contributed by atoms with Crippen molar-refractivity contribution in [1.29, 1.82) is 5.41 Å². The van der Waals surface area contributed by atoms with Gasteiger partial charge in [-0.25, -0.2) is 5.43 Å². The summed E-state index contributed by atoms with van der Waals surface area (Å²) in [7, 11) is 0. The van der Waals surface area contributed by atoms with Gasteiger partial charge in [0.15, 0.2) is 0 Å². The van der Waals surface area contributed by atoms with Crippen molar-refractivity contribution >= 4 is 12.2 Å². The minimum atomic E-state index is 0.355. The first-order valence-electron chi connectivity index (χ1n) is 4.53. The van der Waals surface area contributed by atoms with Crippen LogP contribution in [0.5, 0.6) is 0 Å². The van der Waals surface area contributed by atoms with Crippen molar-refractivity contribution in [3.05, 3.63) is 0 Å². The topological polar surface area (TPSA) is 60.7 Å². The van der Waals surface area contributed by atoms with E-state index in [2.05, 4.69) is 10.5 Å². The first-order valence-corrected chi connectivity index (χ1v) is 4.53. The predicted octanol–water partition coefficient (Wildman–Crippen LogP) is 0.239. The van der Waals surface area contributed by atoms with E-state index in [4.69, 9.17) is 10.1 Å². The first kappa shape index (κ1) is 9.98. The van der Waals surface area contributed by atoms with Crippen molar-refractivity contribution in [2.75, 3.05) is 26.3 Å². The largest absolute Gasteiger partial charge is 0.378 e. The Hall–Kier alpha value is -1.10. The van der Waals surface area contributed by atoms with Crippen LogP contribution in [0.3, 0.4) is 0 Å². The van der Waals surface area contributed by atoms with Gasteiger partial charge < -0.3 is 9.64 Å². The molecule has 1 aliphatic heterocycles. The second-order valence-electron chi connectivity index (χ2n) is 2.78. The third-order valence-electron chi connectivity index (χ3n) is 1.77. The van der Waals surface area contributed by atoms with Gasteiger partial charge >= 0.3 is 0 Å². The summed E-state index contributed by atoms with van der Waals surface area (Å²) in [6, 6.07) is 0. The molecule has 5 nitrogen and oxygen atoms in total. The van der Waals surface area contributed by atoms with Crippen LogP contribution in [-0.4, -0.2) is 43.4 Å². The molecule has 0 atom stereocenters. The zero-order chi connectivity index (χ0) is 9.52. The summed E-state index contributed by atoms with van der Waals surface area (Å²) in [6.07, 6.45) is 2.62. The molecule has 0 saturated carbocycles. The number of hydrogen-bond donors (Lipinski definition) is 2.